The zero-order chi connectivity index (χ0) is 20.1. The maximum atomic E-state index is 12.8. The van der Waals surface area contributed by atoms with Gasteiger partial charge in [0, 0.05) is 12.1 Å². The number of benzene rings is 3. The summed E-state index contributed by atoms with van der Waals surface area (Å²) in [6.45, 7) is 2.04. The Morgan fingerprint density at radius 2 is 1.69 bits per heavy atom. The average Bonchev–Trinajstić information content (AvgIpc) is 3.16. The summed E-state index contributed by atoms with van der Waals surface area (Å²) < 4.78 is 0. The topological polar surface area (TPSA) is 57.8 Å². The first-order valence-electron chi connectivity index (χ1n) is 10.1. The molecule has 1 unspecified atom stereocenters. The van der Waals surface area contributed by atoms with Crippen LogP contribution >= 0.6 is 0 Å². The van der Waals surface area contributed by atoms with Gasteiger partial charge in [0.25, 0.3) is 0 Å². The molecule has 0 aliphatic heterocycles. The number of rotatable bonds is 7. The van der Waals surface area contributed by atoms with E-state index in [0.29, 0.717) is 0 Å². The lowest BCUT2D eigenvalue weighted by molar-refractivity contribution is -0.117. The Labute approximate surface area is 171 Å². The van der Waals surface area contributed by atoms with E-state index in [4.69, 9.17) is 0 Å². The normalized spacial score (nSPS) is 12.0. The van der Waals surface area contributed by atoms with E-state index in [2.05, 4.69) is 39.6 Å². The molecule has 1 amide bonds. The van der Waals surface area contributed by atoms with Crippen molar-refractivity contribution in [1.29, 1.82) is 0 Å². The molecule has 0 bridgehead atoms. The first kappa shape index (κ1) is 18.9. The van der Waals surface area contributed by atoms with Crippen molar-refractivity contribution in [2.75, 3.05) is 5.32 Å². The minimum atomic E-state index is -0.157. The number of fused-ring (bicyclic) bond motifs is 1. The third kappa shape index (κ3) is 4.54. The van der Waals surface area contributed by atoms with Crippen molar-refractivity contribution in [1.82, 2.24) is 9.97 Å². The molecule has 0 radical (unpaired) electrons. The number of imidazole rings is 1. The van der Waals surface area contributed by atoms with Gasteiger partial charge in [-0.1, -0.05) is 67.6 Å². The van der Waals surface area contributed by atoms with Gasteiger partial charge in [-0.3, -0.25) is 4.79 Å². The number of hydrogen-bond donors (Lipinski definition) is 2. The van der Waals surface area contributed by atoms with E-state index in [0.717, 1.165) is 47.4 Å². The molecule has 3 aromatic carbocycles. The highest BCUT2D eigenvalue weighted by molar-refractivity contribution is 5.97. The van der Waals surface area contributed by atoms with Crippen molar-refractivity contribution in [3.63, 3.8) is 0 Å². The Balaban J connectivity index is 1.46. The summed E-state index contributed by atoms with van der Waals surface area (Å²) >= 11 is 0. The van der Waals surface area contributed by atoms with Crippen LogP contribution in [0.5, 0.6) is 0 Å². The van der Waals surface area contributed by atoms with E-state index in [1.165, 1.54) is 5.56 Å². The molecule has 2 N–H and O–H groups in total. The molecule has 146 valence electrons. The largest absolute Gasteiger partial charge is 0.342 e. The molecular weight excluding hydrogens is 358 g/mol. The van der Waals surface area contributed by atoms with Crippen LogP contribution in [0.1, 0.15) is 36.2 Å². The van der Waals surface area contributed by atoms with E-state index >= 15 is 0 Å². The monoisotopic (exact) mass is 383 g/mol. The third-order valence-corrected chi connectivity index (χ3v) is 5.22. The molecule has 1 heterocycles. The number of aromatic nitrogens is 2. The maximum absolute atomic E-state index is 12.8. The van der Waals surface area contributed by atoms with Gasteiger partial charge in [-0.05, 0) is 42.2 Å². The van der Waals surface area contributed by atoms with E-state index in [-0.39, 0.29) is 11.8 Å². The number of nitrogens with one attached hydrogen (secondary N) is 2. The standard InChI is InChI=1S/C25H25N3O/c1-2-21(19-11-7-4-8-12-19)25(29)26-20-14-15-22-23(17-20)28-24(27-22)16-13-18-9-5-3-6-10-18/h3-12,14-15,17,21H,2,13,16H2,1H3,(H,26,29)(H,27,28). The quantitative estimate of drug-likeness (QED) is 0.444. The van der Waals surface area contributed by atoms with E-state index in [1.54, 1.807) is 0 Å². The van der Waals surface area contributed by atoms with Crippen molar-refractivity contribution in [3.05, 3.63) is 95.8 Å². The van der Waals surface area contributed by atoms with Gasteiger partial charge in [-0.15, -0.1) is 0 Å². The molecular formula is C25H25N3O. The van der Waals surface area contributed by atoms with Crippen LogP contribution in [-0.2, 0) is 17.6 Å². The fraction of sp³-hybridized carbons (Fsp3) is 0.200. The number of amides is 1. The number of aromatic amines is 1. The van der Waals surface area contributed by atoms with Crippen LogP contribution < -0.4 is 5.32 Å². The molecule has 4 rings (SSSR count). The third-order valence-electron chi connectivity index (χ3n) is 5.22. The highest BCUT2D eigenvalue weighted by Crippen LogP contribution is 2.23. The van der Waals surface area contributed by atoms with Crippen molar-refractivity contribution in [3.8, 4) is 0 Å². The number of carbonyl (C=O) groups excluding carboxylic acids is 1. The van der Waals surface area contributed by atoms with Crippen LogP contribution in [0.25, 0.3) is 11.0 Å². The van der Waals surface area contributed by atoms with E-state index in [9.17, 15) is 4.79 Å². The summed E-state index contributed by atoms with van der Waals surface area (Å²) in [7, 11) is 0. The lowest BCUT2D eigenvalue weighted by atomic mass is 9.95. The van der Waals surface area contributed by atoms with Gasteiger partial charge in [0.05, 0.1) is 17.0 Å². The van der Waals surface area contributed by atoms with Crippen LogP contribution in [0.3, 0.4) is 0 Å². The van der Waals surface area contributed by atoms with Crippen molar-refractivity contribution < 1.29 is 4.79 Å². The molecule has 1 aromatic heterocycles. The molecule has 4 aromatic rings. The highest BCUT2D eigenvalue weighted by atomic mass is 16.1. The SMILES string of the molecule is CCC(C(=O)Nc1ccc2nc(CCc3ccccc3)[nH]c2c1)c1ccccc1. The number of hydrogen-bond acceptors (Lipinski definition) is 2. The first-order chi connectivity index (χ1) is 14.2. The average molecular weight is 383 g/mol. The Morgan fingerprint density at radius 1 is 0.966 bits per heavy atom. The number of H-pyrrole nitrogens is 1. The predicted molar refractivity (Wildman–Crippen MR) is 118 cm³/mol. The Bertz CT molecular complexity index is 1090. The van der Waals surface area contributed by atoms with Crippen molar-refractivity contribution in [2.24, 2.45) is 0 Å². The molecule has 0 fully saturated rings. The van der Waals surface area contributed by atoms with Gasteiger partial charge in [-0.2, -0.15) is 0 Å². The Hall–Kier alpha value is -3.40. The molecule has 29 heavy (non-hydrogen) atoms. The van der Waals surface area contributed by atoms with Gasteiger partial charge < -0.3 is 10.3 Å². The summed E-state index contributed by atoms with van der Waals surface area (Å²) in [4.78, 5) is 20.9. The second-order valence-corrected chi connectivity index (χ2v) is 7.26. The molecule has 0 spiro atoms. The second kappa shape index (κ2) is 8.74. The van der Waals surface area contributed by atoms with E-state index < -0.39 is 0 Å². The van der Waals surface area contributed by atoms with Gasteiger partial charge in [0.1, 0.15) is 5.82 Å². The number of carbonyl (C=O) groups is 1. The number of nitrogens with zero attached hydrogens (tertiary/aromatic N) is 1. The van der Waals surface area contributed by atoms with Crippen molar-refractivity contribution >= 4 is 22.6 Å². The van der Waals surface area contributed by atoms with Gasteiger partial charge in [-0.25, -0.2) is 4.98 Å². The fourth-order valence-corrected chi connectivity index (χ4v) is 3.65. The molecule has 1 atom stereocenters. The lowest BCUT2D eigenvalue weighted by Crippen LogP contribution is -2.20. The van der Waals surface area contributed by atoms with E-state index in [1.807, 2.05) is 61.5 Å². The number of anilines is 1. The fourth-order valence-electron chi connectivity index (χ4n) is 3.65. The Kier molecular flexibility index (Phi) is 5.71. The second-order valence-electron chi connectivity index (χ2n) is 7.26. The van der Waals surface area contributed by atoms with Gasteiger partial charge in [0.15, 0.2) is 0 Å². The molecule has 4 heteroatoms. The molecule has 4 nitrogen and oxygen atoms in total. The van der Waals surface area contributed by atoms with Crippen molar-refractivity contribution in [2.45, 2.75) is 32.1 Å². The summed E-state index contributed by atoms with van der Waals surface area (Å²) in [5, 5.41) is 3.06. The van der Waals surface area contributed by atoms with Crippen LogP contribution in [-0.4, -0.2) is 15.9 Å². The first-order valence-corrected chi connectivity index (χ1v) is 10.1. The summed E-state index contributed by atoms with van der Waals surface area (Å²) in [5.74, 6) is 0.819. The smallest absolute Gasteiger partial charge is 0.231 e. The minimum absolute atomic E-state index is 0.0156. The summed E-state index contributed by atoms with van der Waals surface area (Å²) in [6, 6.07) is 26.2. The van der Waals surface area contributed by atoms with Crippen LogP contribution in [0.2, 0.25) is 0 Å². The van der Waals surface area contributed by atoms with Gasteiger partial charge in [0.2, 0.25) is 5.91 Å². The minimum Gasteiger partial charge on any atom is -0.342 e. The van der Waals surface area contributed by atoms with Crippen LogP contribution in [0, 0.1) is 0 Å². The molecule has 0 aliphatic carbocycles. The lowest BCUT2D eigenvalue weighted by Gasteiger charge is -2.15. The molecule has 0 saturated carbocycles. The summed E-state index contributed by atoms with van der Waals surface area (Å²) in [6.07, 6.45) is 2.55. The molecule has 0 saturated heterocycles. The van der Waals surface area contributed by atoms with Crippen LogP contribution in [0.15, 0.2) is 78.9 Å². The zero-order valence-corrected chi connectivity index (χ0v) is 16.6. The Morgan fingerprint density at radius 3 is 2.41 bits per heavy atom. The zero-order valence-electron chi connectivity index (χ0n) is 16.6. The van der Waals surface area contributed by atoms with Crippen LogP contribution in [0.4, 0.5) is 5.69 Å². The number of aryl methyl sites for hydroxylation is 2. The summed E-state index contributed by atoms with van der Waals surface area (Å²) in [5.41, 5.74) is 4.99. The maximum Gasteiger partial charge on any atom is 0.231 e. The molecule has 0 aliphatic rings. The van der Waals surface area contributed by atoms with Gasteiger partial charge >= 0.3 is 0 Å². The highest BCUT2D eigenvalue weighted by Gasteiger charge is 2.18. The predicted octanol–water partition coefficient (Wildman–Crippen LogP) is 5.48.